The van der Waals surface area contributed by atoms with Gasteiger partial charge in [0.1, 0.15) is 5.60 Å². The molecule has 1 aromatic carbocycles. The first-order valence-corrected chi connectivity index (χ1v) is 6.00. The lowest BCUT2D eigenvalue weighted by Crippen LogP contribution is -2.31. The van der Waals surface area contributed by atoms with Gasteiger partial charge in [0.15, 0.2) is 0 Å². The standard InChI is InChI=1S/C14H21NO3/c1-14(2,3)18-13(17)11(9-16)8-10-6-4-5-7-12(10)15/h4-7,11,16H,8-9,15H2,1-3H3. The highest BCUT2D eigenvalue weighted by Crippen LogP contribution is 2.18. The van der Waals surface area contributed by atoms with Gasteiger partial charge in [-0.15, -0.1) is 0 Å². The number of aliphatic hydroxyl groups is 1. The number of nitrogens with two attached hydrogens (primary N) is 1. The molecule has 1 aromatic rings. The lowest BCUT2D eigenvalue weighted by Gasteiger charge is -2.23. The molecule has 0 aromatic heterocycles. The van der Waals surface area contributed by atoms with Crippen molar-refractivity contribution in [1.29, 1.82) is 0 Å². The van der Waals surface area contributed by atoms with Crippen LogP contribution < -0.4 is 5.73 Å². The summed E-state index contributed by atoms with van der Waals surface area (Å²) in [7, 11) is 0. The number of hydrogen-bond acceptors (Lipinski definition) is 4. The summed E-state index contributed by atoms with van der Waals surface area (Å²) in [5, 5.41) is 9.30. The van der Waals surface area contributed by atoms with Gasteiger partial charge in [-0.2, -0.15) is 0 Å². The molecular formula is C14H21NO3. The highest BCUT2D eigenvalue weighted by Gasteiger charge is 2.25. The molecule has 0 aliphatic carbocycles. The van der Waals surface area contributed by atoms with E-state index in [1.54, 1.807) is 26.8 Å². The third kappa shape index (κ3) is 4.37. The van der Waals surface area contributed by atoms with Gasteiger partial charge in [0, 0.05) is 5.69 Å². The predicted octanol–water partition coefficient (Wildman–Crippen LogP) is 1.76. The van der Waals surface area contributed by atoms with E-state index in [9.17, 15) is 9.90 Å². The fourth-order valence-electron chi connectivity index (χ4n) is 1.59. The van der Waals surface area contributed by atoms with Gasteiger partial charge >= 0.3 is 5.97 Å². The van der Waals surface area contributed by atoms with E-state index in [0.29, 0.717) is 12.1 Å². The molecule has 0 saturated carbocycles. The Balaban J connectivity index is 2.74. The molecule has 0 radical (unpaired) electrons. The van der Waals surface area contributed by atoms with Gasteiger partial charge in [-0.3, -0.25) is 4.79 Å². The Morgan fingerprint density at radius 2 is 2.00 bits per heavy atom. The van der Waals surface area contributed by atoms with Crippen LogP contribution in [0.1, 0.15) is 26.3 Å². The molecule has 0 heterocycles. The fourth-order valence-corrected chi connectivity index (χ4v) is 1.59. The second-order valence-corrected chi connectivity index (χ2v) is 5.32. The maximum Gasteiger partial charge on any atom is 0.312 e. The maximum absolute atomic E-state index is 11.9. The first kappa shape index (κ1) is 14.5. The van der Waals surface area contributed by atoms with E-state index >= 15 is 0 Å². The molecule has 0 amide bonds. The van der Waals surface area contributed by atoms with Crippen molar-refractivity contribution in [3.63, 3.8) is 0 Å². The number of carbonyl (C=O) groups is 1. The smallest absolute Gasteiger partial charge is 0.312 e. The van der Waals surface area contributed by atoms with Crippen molar-refractivity contribution in [2.24, 2.45) is 5.92 Å². The highest BCUT2D eigenvalue weighted by molar-refractivity contribution is 5.73. The summed E-state index contributed by atoms with van der Waals surface area (Å²) in [5.74, 6) is -0.970. The predicted molar refractivity (Wildman–Crippen MR) is 71.0 cm³/mol. The van der Waals surface area contributed by atoms with E-state index in [4.69, 9.17) is 10.5 Å². The molecule has 0 spiro atoms. The van der Waals surface area contributed by atoms with E-state index < -0.39 is 17.5 Å². The Hall–Kier alpha value is -1.55. The number of carbonyl (C=O) groups excluding carboxylic acids is 1. The second-order valence-electron chi connectivity index (χ2n) is 5.32. The van der Waals surface area contributed by atoms with Gasteiger partial charge in [0.05, 0.1) is 12.5 Å². The molecule has 100 valence electrons. The van der Waals surface area contributed by atoms with Crippen molar-refractivity contribution in [3.8, 4) is 0 Å². The fraction of sp³-hybridized carbons (Fsp3) is 0.500. The molecule has 3 N–H and O–H groups in total. The Bertz CT molecular complexity index is 410. The van der Waals surface area contributed by atoms with Crippen LogP contribution in [0.25, 0.3) is 0 Å². The largest absolute Gasteiger partial charge is 0.460 e. The van der Waals surface area contributed by atoms with Crippen molar-refractivity contribution >= 4 is 11.7 Å². The van der Waals surface area contributed by atoms with Gasteiger partial charge in [0.2, 0.25) is 0 Å². The number of benzene rings is 1. The van der Waals surface area contributed by atoms with Crippen LogP contribution in [0.5, 0.6) is 0 Å². The number of hydrogen-bond donors (Lipinski definition) is 2. The summed E-state index contributed by atoms with van der Waals surface area (Å²) in [6, 6.07) is 7.32. The lowest BCUT2D eigenvalue weighted by molar-refractivity contribution is -0.161. The van der Waals surface area contributed by atoms with Crippen LogP contribution in [0.3, 0.4) is 0 Å². The zero-order chi connectivity index (χ0) is 13.8. The van der Waals surface area contributed by atoms with Crippen LogP contribution in [0.4, 0.5) is 5.69 Å². The molecule has 0 saturated heterocycles. The number of nitrogen functional groups attached to an aromatic ring is 1. The number of anilines is 1. The normalized spacial score (nSPS) is 13.1. The van der Waals surface area contributed by atoms with Crippen LogP contribution in [-0.4, -0.2) is 23.3 Å². The van der Waals surface area contributed by atoms with Crippen LogP contribution in [0.2, 0.25) is 0 Å². The number of aliphatic hydroxyl groups excluding tert-OH is 1. The van der Waals surface area contributed by atoms with E-state index in [2.05, 4.69) is 0 Å². The Morgan fingerprint density at radius 3 is 2.50 bits per heavy atom. The van der Waals surface area contributed by atoms with Gasteiger partial charge in [0.25, 0.3) is 0 Å². The monoisotopic (exact) mass is 251 g/mol. The molecule has 4 nitrogen and oxygen atoms in total. The number of para-hydroxylation sites is 1. The van der Waals surface area contributed by atoms with Crippen molar-refractivity contribution in [2.75, 3.05) is 12.3 Å². The molecular weight excluding hydrogens is 230 g/mol. The van der Waals surface area contributed by atoms with E-state index in [0.717, 1.165) is 5.56 Å². The minimum Gasteiger partial charge on any atom is -0.460 e. The summed E-state index contributed by atoms with van der Waals surface area (Å²) in [5.41, 5.74) is 6.74. The number of ether oxygens (including phenoxy) is 1. The van der Waals surface area contributed by atoms with Crippen LogP contribution in [-0.2, 0) is 16.0 Å². The van der Waals surface area contributed by atoms with Crippen molar-refractivity contribution in [3.05, 3.63) is 29.8 Å². The summed E-state index contributed by atoms with van der Waals surface area (Å²) in [6.45, 7) is 5.16. The Morgan fingerprint density at radius 1 is 1.39 bits per heavy atom. The summed E-state index contributed by atoms with van der Waals surface area (Å²) < 4.78 is 5.26. The molecule has 1 atom stereocenters. The van der Waals surface area contributed by atoms with Crippen LogP contribution >= 0.6 is 0 Å². The van der Waals surface area contributed by atoms with Gasteiger partial charge < -0.3 is 15.6 Å². The second kappa shape index (κ2) is 5.87. The van der Waals surface area contributed by atoms with E-state index in [-0.39, 0.29) is 6.61 Å². The minimum atomic E-state index is -0.575. The summed E-state index contributed by atoms with van der Waals surface area (Å²) >= 11 is 0. The Labute approximate surface area is 108 Å². The number of rotatable bonds is 4. The van der Waals surface area contributed by atoms with Gasteiger partial charge in [-0.25, -0.2) is 0 Å². The topological polar surface area (TPSA) is 72.5 Å². The molecule has 1 unspecified atom stereocenters. The van der Waals surface area contributed by atoms with Crippen LogP contribution in [0.15, 0.2) is 24.3 Å². The molecule has 0 bridgehead atoms. The SMILES string of the molecule is CC(C)(C)OC(=O)C(CO)Cc1ccccc1N. The summed E-state index contributed by atoms with van der Waals surface area (Å²) in [4.78, 5) is 11.9. The first-order valence-electron chi connectivity index (χ1n) is 6.00. The lowest BCUT2D eigenvalue weighted by atomic mass is 9.98. The molecule has 0 aliphatic rings. The average Bonchev–Trinajstić information content (AvgIpc) is 2.25. The first-order chi connectivity index (χ1) is 8.33. The zero-order valence-electron chi connectivity index (χ0n) is 11.1. The van der Waals surface area contributed by atoms with Crippen molar-refractivity contribution < 1.29 is 14.6 Å². The highest BCUT2D eigenvalue weighted by atomic mass is 16.6. The maximum atomic E-state index is 11.9. The minimum absolute atomic E-state index is 0.247. The van der Waals surface area contributed by atoms with E-state index in [1.807, 2.05) is 18.2 Å². The Kier molecular flexibility index (Phi) is 4.73. The molecule has 18 heavy (non-hydrogen) atoms. The van der Waals surface area contributed by atoms with Crippen molar-refractivity contribution in [1.82, 2.24) is 0 Å². The van der Waals surface area contributed by atoms with E-state index in [1.165, 1.54) is 0 Å². The van der Waals surface area contributed by atoms with Gasteiger partial charge in [-0.05, 0) is 38.8 Å². The molecule has 4 heteroatoms. The quantitative estimate of drug-likeness (QED) is 0.632. The number of esters is 1. The third-order valence-corrected chi connectivity index (χ3v) is 2.48. The summed E-state index contributed by atoms with van der Waals surface area (Å²) in [6.07, 6.45) is 0.387. The van der Waals surface area contributed by atoms with Gasteiger partial charge in [-0.1, -0.05) is 18.2 Å². The average molecular weight is 251 g/mol. The third-order valence-electron chi connectivity index (χ3n) is 2.48. The molecule has 0 aliphatic heterocycles. The van der Waals surface area contributed by atoms with Crippen LogP contribution in [0, 0.1) is 5.92 Å². The zero-order valence-corrected chi connectivity index (χ0v) is 11.1. The molecule has 1 rings (SSSR count). The molecule has 0 fully saturated rings. The van der Waals surface area contributed by atoms with Crippen molar-refractivity contribution in [2.45, 2.75) is 32.8 Å².